The van der Waals surface area contributed by atoms with E-state index in [9.17, 15) is 0 Å². The molecule has 19 heavy (non-hydrogen) atoms. The van der Waals surface area contributed by atoms with Crippen LogP contribution in [0.15, 0.2) is 42.5 Å². The Labute approximate surface area is 113 Å². The minimum absolute atomic E-state index is 0.625. The molecule has 0 spiro atoms. The van der Waals surface area contributed by atoms with Gasteiger partial charge in [0.15, 0.2) is 0 Å². The molecule has 5 N–H and O–H groups in total. The van der Waals surface area contributed by atoms with Crippen LogP contribution in [0.3, 0.4) is 0 Å². The summed E-state index contributed by atoms with van der Waals surface area (Å²) < 4.78 is 5.59. The zero-order chi connectivity index (χ0) is 13.7. The lowest BCUT2D eigenvalue weighted by molar-refractivity contribution is 0.317. The highest BCUT2D eigenvalue weighted by Crippen LogP contribution is 2.26. The van der Waals surface area contributed by atoms with Crippen molar-refractivity contribution >= 4 is 22.7 Å². The van der Waals surface area contributed by atoms with Crippen LogP contribution in [0.25, 0.3) is 0 Å². The molecule has 0 saturated heterocycles. The molecule has 100 valence electrons. The maximum absolute atomic E-state index is 5.91. The fraction of sp³-hybridized carbons (Fsp3) is 0.200. The van der Waals surface area contributed by atoms with E-state index in [0.29, 0.717) is 18.0 Å². The monoisotopic (exact) mass is 257 g/mol. The highest BCUT2D eigenvalue weighted by Gasteiger charge is 2.01. The first-order chi connectivity index (χ1) is 9.19. The summed E-state index contributed by atoms with van der Waals surface area (Å²) in [5, 5.41) is 3.26. The Morgan fingerprint density at radius 3 is 2.68 bits per heavy atom. The summed E-state index contributed by atoms with van der Waals surface area (Å²) in [4.78, 5) is 0. The van der Waals surface area contributed by atoms with E-state index in [1.165, 1.54) is 0 Å². The number of ether oxygens (including phenoxy) is 1. The minimum atomic E-state index is 0.625. The highest BCUT2D eigenvalue weighted by molar-refractivity contribution is 5.75. The first-order valence-electron chi connectivity index (χ1n) is 6.34. The number of anilines is 4. The van der Waals surface area contributed by atoms with Crippen molar-refractivity contribution in [1.29, 1.82) is 0 Å². The molecule has 2 aromatic carbocycles. The molecule has 0 aromatic heterocycles. The van der Waals surface area contributed by atoms with Gasteiger partial charge in [-0.15, -0.1) is 0 Å². The number of rotatable bonds is 5. The van der Waals surface area contributed by atoms with Crippen molar-refractivity contribution in [3.63, 3.8) is 0 Å². The second-order valence-corrected chi connectivity index (χ2v) is 4.35. The van der Waals surface area contributed by atoms with E-state index in [0.717, 1.165) is 23.5 Å². The molecule has 4 nitrogen and oxygen atoms in total. The van der Waals surface area contributed by atoms with Crippen LogP contribution in [0.1, 0.15) is 13.3 Å². The molecule has 0 saturated carbocycles. The second-order valence-electron chi connectivity index (χ2n) is 4.35. The summed E-state index contributed by atoms with van der Waals surface area (Å²) in [5.41, 5.74) is 14.6. The van der Waals surface area contributed by atoms with Crippen molar-refractivity contribution < 1.29 is 4.74 Å². The topological polar surface area (TPSA) is 73.3 Å². The fourth-order valence-corrected chi connectivity index (χ4v) is 1.73. The molecule has 4 heteroatoms. The van der Waals surface area contributed by atoms with E-state index in [-0.39, 0.29) is 0 Å². The smallest absolute Gasteiger partial charge is 0.121 e. The first-order valence-corrected chi connectivity index (χ1v) is 6.34. The highest BCUT2D eigenvalue weighted by atomic mass is 16.5. The maximum Gasteiger partial charge on any atom is 0.121 e. The second kappa shape index (κ2) is 6.00. The molecule has 0 radical (unpaired) electrons. The van der Waals surface area contributed by atoms with E-state index < -0.39 is 0 Å². The van der Waals surface area contributed by atoms with Crippen molar-refractivity contribution in [2.75, 3.05) is 23.4 Å². The van der Waals surface area contributed by atoms with Crippen molar-refractivity contribution in [2.45, 2.75) is 13.3 Å². The lowest BCUT2D eigenvalue weighted by Crippen LogP contribution is -1.99. The lowest BCUT2D eigenvalue weighted by atomic mass is 10.2. The van der Waals surface area contributed by atoms with Crippen LogP contribution in [0, 0.1) is 0 Å². The first kappa shape index (κ1) is 13.1. The summed E-state index contributed by atoms with van der Waals surface area (Å²) in [6.07, 6.45) is 0.989. The van der Waals surface area contributed by atoms with Gasteiger partial charge in [-0.1, -0.05) is 13.0 Å². The fourth-order valence-electron chi connectivity index (χ4n) is 1.73. The van der Waals surface area contributed by atoms with Crippen LogP contribution in [-0.4, -0.2) is 6.61 Å². The molecule has 0 heterocycles. The summed E-state index contributed by atoms with van der Waals surface area (Å²) in [7, 11) is 0. The zero-order valence-corrected chi connectivity index (χ0v) is 11.0. The Morgan fingerprint density at radius 2 is 1.95 bits per heavy atom. The molecule has 2 aromatic rings. The number of nitrogen functional groups attached to an aromatic ring is 2. The number of nitrogens with one attached hydrogen (secondary N) is 1. The zero-order valence-electron chi connectivity index (χ0n) is 11.0. The molecule has 2 rings (SSSR count). The molecule has 0 aliphatic carbocycles. The third kappa shape index (κ3) is 3.55. The number of nitrogens with two attached hydrogens (primary N) is 2. The van der Waals surface area contributed by atoms with Crippen molar-refractivity contribution in [1.82, 2.24) is 0 Å². The Kier molecular flexibility index (Phi) is 4.13. The molecule has 0 aliphatic heterocycles. The standard InChI is InChI=1S/C15H19N3O/c1-2-8-19-13-5-3-4-12(10-13)18-15-7-6-11(16)9-14(15)17/h3-7,9-10,18H,2,8,16-17H2,1H3. The lowest BCUT2D eigenvalue weighted by Gasteiger charge is -2.11. The van der Waals surface area contributed by atoms with Gasteiger partial charge in [-0.25, -0.2) is 0 Å². The van der Waals surface area contributed by atoms with Crippen LogP contribution in [0.2, 0.25) is 0 Å². The Bertz CT molecular complexity index is 555. The average Bonchev–Trinajstić information content (AvgIpc) is 2.40. The van der Waals surface area contributed by atoms with E-state index in [1.807, 2.05) is 36.4 Å². The maximum atomic E-state index is 5.91. The molecule has 0 atom stereocenters. The van der Waals surface area contributed by atoms with Crippen molar-refractivity contribution in [2.24, 2.45) is 0 Å². The molecular weight excluding hydrogens is 238 g/mol. The van der Waals surface area contributed by atoms with Gasteiger partial charge in [0.1, 0.15) is 5.75 Å². The Morgan fingerprint density at radius 1 is 1.11 bits per heavy atom. The van der Waals surface area contributed by atoms with Crippen molar-refractivity contribution in [3.05, 3.63) is 42.5 Å². The van der Waals surface area contributed by atoms with Crippen LogP contribution >= 0.6 is 0 Å². The predicted octanol–water partition coefficient (Wildman–Crippen LogP) is 3.38. The average molecular weight is 257 g/mol. The summed E-state index contributed by atoms with van der Waals surface area (Å²) >= 11 is 0. The summed E-state index contributed by atoms with van der Waals surface area (Å²) in [6, 6.07) is 13.2. The van der Waals surface area contributed by atoms with E-state index in [1.54, 1.807) is 6.07 Å². The van der Waals surface area contributed by atoms with Gasteiger partial charge in [0, 0.05) is 17.4 Å². The molecule has 0 amide bonds. The van der Waals surface area contributed by atoms with Gasteiger partial charge in [0.25, 0.3) is 0 Å². The van der Waals surface area contributed by atoms with Crippen LogP contribution < -0.4 is 21.5 Å². The largest absolute Gasteiger partial charge is 0.494 e. The van der Waals surface area contributed by atoms with Gasteiger partial charge < -0.3 is 21.5 Å². The third-order valence-corrected chi connectivity index (χ3v) is 2.66. The minimum Gasteiger partial charge on any atom is -0.494 e. The van der Waals surface area contributed by atoms with Gasteiger partial charge >= 0.3 is 0 Å². The molecule has 0 aliphatic rings. The predicted molar refractivity (Wildman–Crippen MR) is 80.8 cm³/mol. The van der Waals surface area contributed by atoms with Crippen LogP contribution in [-0.2, 0) is 0 Å². The Hall–Kier alpha value is -2.36. The van der Waals surface area contributed by atoms with Crippen molar-refractivity contribution in [3.8, 4) is 5.75 Å². The number of hydrogen-bond donors (Lipinski definition) is 3. The Balaban J connectivity index is 2.14. The quantitative estimate of drug-likeness (QED) is 0.718. The molecular formula is C15H19N3O. The molecule has 0 bridgehead atoms. The molecule has 0 unspecified atom stereocenters. The van der Waals surface area contributed by atoms with Gasteiger partial charge in [-0.3, -0.25) is 0 Å². The van der Waals surface area contributed by atoms with Gasteiger partial charge in [-0.05, 0) is 36.8 Å². The van der Waals surface area contributed by atoms with E-state index >= 15 is 0 Å². The summed E-state index contributed by atoms with van der Waals surface area (Å²) in [5.74, 6) is 0.848. The molecule has 0 fully saturated rings. The van der Waals surface area contributed by atoms with Crippen LogP contribution in [0.4, 0.5) is 22.7 Å². The summed E-state index contributed by atoms with van der Waals surface area (Å²) in [6.45, 7) is 2.80. The normalized spacial score (nSPS) is 10.2. The van der Waals surface area contributed by atoms with Crippen LogP contribution in [0.5, 0.6) is 5.75 Å². The van der Waals surface area contributed by atoms with Gasteiger partial charge in [0.05, 0.1) is 18.0 Å². The number of hydrogen-bond acceptors (Lipinski definition) is 4. The number of benzene rings is 2. The third-order valence-electron chi connectivity index (χ3n) is 2.66. The van der Waals surface area contributed by atoms with Gasteiger partial charge in [-0.2, -0.15) is 0 Å². The van der Waals surface area contributed by atoms with Gasteiger partial charge in [0.2, 0.25) is 0 Å². The van der Waals surface area contributed by atoms with E-state index in [2.05, 4.69) is 12.2 Å². The van der Waals surface area contributed by atoms with E-state index in [4.69, 9.17) is 16.2 Å². The SMILES string of the molecule is CCCOc1cccc(Nc2ccc(N)cc2N)c1.